The van der Waals surface area contributed by atoms with Gasteiger partial charge >= 0.3 is 0 Å². The summed E-state index contributed by atoms with van der Waals surface area (Å²) < 4.78 is 0. The molecule has 1 saturated carbocycles. The van der Waals surface area contributed by atoms with Gasteiger partial charge in [0.15, 0.2) is 0 Å². The van der Waals surface area contributed by atoms with Crippen molar-refractivity contribution in [2.75, 3.05) is 6.16 Å². The van der Waals surface area contributed by atoms with Crippen LogP contribution in [0.2, 0.25) is 0 Å². The summed E-state index contributed by atoms with van der Waals surface area (Å²) in [5, 5.41) is 0. The van der Waals surface area contributed by atoms with Crippen molar-refractivity contribution >= 4 is 21.0 Å². The molecule has 1 aliphatic carbocycles. The lowest BCUT2D eigenvalue weighted by atomic mass is 10.3. The zero-order valence-corrected chi connectivity index (χ0v) is 8.00. The van der Waals surface area contributed by atoms with Crippen LogP contribution in [0, 0.1) is 5.92 Å². The molecule has 0 aromatic rings. The van der Waals surface area contributed by atoms with E-state index in [1.54, 1.807) is 0 Å². The van der Waals surface area contributed by atoms with Crippen molar-refractivity contribution in [3.63, 3.8) is 0 Å². The standard InChI is InChI=1S/C7H15P.ClH/c1-6(2)5-8-7-3-4-7;/h6-8H,3-5H2,1-2H3;1H. The van der Waals surface area contributed by atoms with Crippen LogP contribution in [0.25, 0.3) is 0 Å². The molecule has 2 heteroatoms. The van der Waals surface area contributed by atoms with Crippen LogP contribution in [0.5, 0.6) is 0 Å². The second kappa shape index (κ2) is 4.52. The second-order valence-electron chi connectivity index (χ2n) is 3.08. The van der Waals surface area contributed by atoms with Gasteiger partial charge in [-0.2, -0.15) is 0 Å². The van der Waals surface area contributed by atoms with Gasteiger partial charge in [-0.3, -0.25) is 0 Å². The van der Waals surface area contributed by atoms with E-state index in [0.717, 1.165) is 11.6 Å². The minimum atomic E-state index is 0. The minimum absolute atomic E-state index is 0. The summed E-state index contributed by atoms with van der Waals surface area (Å²) in [5.41, 5.74) is 1.16. The van der Waals surface area contributed by atoms with E-state index in [-0.39, 0.29) is 12.4 Å². The van der Waals surface area contributed by atoms with Crippen LogP contribution >= 0.6 is 21.0 Å². The van der Waals surface area contributed by atoms with Crippen molar-refractivity contribution in [1.82, 2.24) is 0 Å². The highest BCUT2D eigenvalue weighted by Crippen LogP contribution is 2.39. The van der Waals surface area contributed by atoms with Crippen molar-refractivity contribution < 1.29 is 0 Å². The van der Waals surface area contributed by atoms with Crippen LogP contribution in [-0.2, 0) is 0 Å². The first-order chi connectivity index (χ1) is 3.79. The Bertz CT molecular complexity index is 67.3. The van der Waals surface area contributed by atoms with Gasteiger partial charge in [0.2, 0.25) is 0 Å². The Morgan fingerprint density at radius 2 is 2.00 bits per heavy atom. The Balaban J connectivity index is 0.000000640. The number of hydrogen-bond acceptors (Lipinski definition) is 0. The zero-order valence-electron chi connectivity index (χ0n) is 6.18. The molecule has 0 nitrogen and oxygen atoms in total. The fourth-order valence-corrected chi connectivity index (χ4v) is 2.07. The molecular weight excluding hydrogens is 151 g/mol. The average Bonchev–Trinajstić information content (AvgIpc) is 2.41. The SMILES string of the molecule is CC(C)CPC1CC1.Cl. The molecule has 0 aliphatic heterocycles. The topological polar surface area (TPSA) is 0 Å². The lowest BCUT2D eigenvalue weighted by Crippen LogP contribution is -1.88. The fraction of sp³-hybridized carbons (Fsp3) is 1.00. The molecule has 0 radical (unpaired) electrons. The maximum Gasteiger partial charge on any atom is -0.0236 e. The smallest absolute Gasteiger partial charge is 0.0236 e. The summed E-state index contributed by atoms with van der Waals surface area (Å²) in [6, 6.07) is 0. The summed E-state index contributed by atoms with van der Waals surface area (Å²) in [6.07, 6.45) is 4.54. The summed E-state index contributed by atoms with van der Waals surface area (Å²) in [7, 11) is 1.28. The maximum atomic E-state index is 2.31. The quantitative estimate of drug-likeness (QED) is 0.566. The molecule has 0 N–H and O–H groups in total. The highest BCUT2D eigenvalue weighted by molar-refractivity contribution is 7.39. The molecule has 0 saturated heterocycles. The molecule has 0 heterocycles. The predicted octanol–water partition coefficient (Wildman–Crippen LogP) is 2.91. The monoisotopic (exact) mass is 166 g/mol. The average molecular weight is 167 g/mol. The van der Waals surface area contributed by atoms with E-state index in [9.17, 15) is 0 Å². The lowest BCUT2D eigenvalue weighted by Gasteiger charge is -2.00. The number of rotatable bonds is 3. The molecule has 1 atom stereocenters. The van der Waals surface area contributed by atoms with Crippen molar-refractivity contribution in [2.24, 2.45) is 5.92 Å². The molecule has 0 aromatic carbocycles. The molecule has 1 unspecified atom stereocenters. The Kier molecular flexibility index (Phi) is 4.88. The molecule has 0 spiro atoms. The van der Waals surface area contributed by atoms with Crippen molar-refractivity contribution in [3.8, 4) is 0 Å². The van der Waals surface area contributed by atoms with E-state index in [2.05, 4.69) is 13.8 Å². The molecule has 0 bridgehead atoms. The number of halogens is 1. The molecule has 0 amide bonds. The van der Waals surface area contributed by atoms with E-state index < -0.39 is 0 Å². The van der Waals surface area contributed by atoms with Crippen molar-refractivity contribution in [2.45, 2.75) is 32.3 Å². The summed E-state index contributed by atoms with van der Waals surface area (Å²) in [5.74, 6) is 0.939. The third-order valence-corrected chi connectivity index (χ3v) is 3.60. The predicted molar refractivity (Wildman–Crippen MR) is 48.3 cm³/mol. The molecule has 56 valence electrons. The van der Waals surface area contributed by atoms with Crippen LogP contribution in [-0.4, -0.2) is 11.8 Å². The largest absolute Gasteiger partial charge is 0.147 e. The lowest BCUT2D eigenvalue weighted by molar-refractivity contribution is 0.747. The van der Waals surface area contributed by atoms with Gasteiger partial charge in [-0.1, -0.05) is 13.8 Å². The van der Waals surface area contributed by atoms with Crippen LogP contribution in [0.3, 0.4) is 0 Å². The van der Waals surface area contributed by atoms with Gasteiger partial charge < -0.3 is 0 Å². The van der Waals surface area contributed by atoms with Crippen molar-refractivity contribution in [1.29, 1.82) is 0 Å². The first-order valence-electron chi connectivity index (χ1n) is 3.52. The van der Waals surface area contributed by atoms with Gasteiger partial charge in [0.25, 0.3) is 0 Å². The molecule has 0 aromatic heterocycles. The van der Waals surface area contributed by atoms with E-state index in [1.807, 2.05) is 0 Å². The first kappa shape index (κ1) is 9.72. The summed E-state index contributed by atoms with van der Waals surface area (Å²) in [6.45, 7) is 4.63. The Morgan fingerprint density at radius 3 is 2.33 bits per heavy atom. The minimum Gasteiger partial charge on any atom is -0.147 e. The first-order valence-corrected chi connectivity index (χ1v) is 4.81. The van der Waals surface area contributed by atoms with E-state index in [0.29, 0.717) is 0 Å². The number of hydrogen-bond donors (Lipinski definition) is 0. The van der Waals surface area contributed by atoms with Crippen molar-refractivity contribution in [3.05, 3.63) is 0 Å². The molecular formula is C7H16ClP. The van der Waals surface area contributed by atoms with Gasteiger partial charge in [-0.05, 0) is 30.6 Å². The van der Waals surface area contributed by atoms with Crippen LogP contribution in [0.4, 0.5) is 0 Å². The molecule has 1 aliphatic rings. The zero-order chi connectivity index (χ0) is 5.98. The van der Waals surface area contributed by atoms with E-state index >= 15 is 0 Å². The van der Waals surface area contributed by atoms with Crippen LogP contribution in [0.1, 0.15) is 26.7 Å². The highest BCUT2D eigenvalue weighted by atomic mass is 35.5. The Labute approximate surface area is 66.0 Å². The highest BCUT2D eigenvalue weighted by Gasteiger charge is 2.20. The Morgan fingerprint density at radius 1 is 1.44 bits per heavy atom. The Hall–Kier alpha value is 0.720. The van der Waals surface area contributed by atoms with Gasteiger partial charge in [-0.15, -0.1) is 21.0 Å². The third-order valence-electron chi connectivity index (χ3n) is 1.39. The van der Waals surface area contributed by atoms with Gasteiger partial charge in [0.05, 0.1) is 0 Å². The van der Waals surface area contributed by atoms with E-state index in [4.69, 9.17) is 0 Å². The van der Waals surface area contributed by atoms with Gasteiger partial charge in [0, 0.05) is 0 Å². The fourth-order valence-electron chi connectivity index (χ4n) is 0.690. The second-order valence-corrected chi connectivity index (χ2v) is 4.71. The van der Waals surface area contributed by atoms with Crippen LogP contribution in [0.15, 0.2) is 0 Å². The summed E-state index contributed by atoms with van der Waals surface area (Å²) >= 11 is 0. The van der Waals surface area contributed by atoms with Crippen LogP contribution < -0.4 is 0 Å². The van der Waals surface area contributed by atoms with E-state index in [1.165, 1.54) is 27.6 Å². The van der Waals surface area contributed by atoms with Gasteiger partial charge in [-0.25, -0.2) is 0 Å². The third kappa shape index (κ3) is 5.18. The normalized spacial score (nSPS) is 19.0. The molecule has 1 fully saturated rings. The molecule has 1 rings (SSSR count). The van der Waals surface area contributed by atoms with Gasteiger partial charge in [0.1, 0.15) is 0 Å². The molecule has 9 heavy (non-hydrogen) atoms. The summed E-state index contributed by atoms with van der Waals surface area (Å²) in [4.78, 5) is 0. The maximum absolute atomic E-state index is 2.31.